The number of hydrogen-bond acceptors (Lipinski definition) is 10. The molecule has 1 aliphatic heterocycles. The molecule has 0 saturated carbocycles. The van der Waals surface area contributed by atoms with E-state index in [1.165, 1.54) is 37.9 Å². The van der Waals surface area contributed by atoms with Crippen molar-refractivity contribution >= 4 is 52.3 Å². The number of benzene rings is 2. The zero-order valence-electron chi connectivity index (χ0n) is 44.1. The Morgan fingerprint density at radius 1 is 0.662 bits per heavy atom. The molecule has 2 heterocycles. The topological polar surface area (TPSA) is 212 Å². The summed E-state index contributed by atoms with van der Waals surface area (Å²) >= 11 is 0. The number of carbonyl (C=O) groups excluding carboxylic acids is 7. The second kappa shape index (κ2) is 26.1. The van der Waals surface area contributed by atoms with Crippen LogP contribution >= 0.6 is 0 Å². The second-order valence-electron chi connectivity index (χ2n) is 20.7. The molecule has 2 aromatic carbocycles. The fourth-order valence-electron chi connectivity index (χ4n) is 9.04. The molecule has 0 bridgehead atoms. The lowest BCUT2D eigenvalue weighted by Gasteiger charge is -2.35. The number of cyclic esters (lactones) is 1. The summed E-state index contributed by atoms with van der Waals surface area (Å²) in [4.78, 5) is 106. The zero-order valence-corrected chi connectivity index (χ0v) is 44.1. The molecule has 0 radical (unpaired) electrons. The van der Waals surface area contributed by atoms with Crippen LogP contribution in [-0.2, 0) is 51.3 Å². The van der Waals surface area contributed by atoms with Gasteiger partial charge in [0.15, 0.2) is 6.10 Å². The summed E-state index contributed by atoms with van der Waals surface area (Å²) in [7, 11) is 6.01. The maximum absolute atomic E-state index is 15.1. The van der Waals surface area contributed by atoms with Crippen molar-refractivity contribution in [3.05, 3.63) is 65.9 Å². The number of methoxy groups -OCH3 is 1. The minimum atomic E-state index is -1.50. The Bertz CT molecular complexity index is 2390. The predicted octanol–water partition coefficient (Wildman–Crippen LogP) is 5.61. The summed E-state index contributed by atoms with van der Waals surface area (Å²) in [5, 5.41) is 19.0. The van der Waals surface area contributed by atoms with Gasteiger partial charge in [-0.15, -0.1) is 0 Å². The summed E-state index contributed by atoms with van der Waals surface area (Å²) in [6.07, 6.45) is 0.836. The van der Waals surface area contributed by atoms with E-state index in [2.05, 4.69) is 20.5 Å². The molecule has 0 unspecified atom stereocenters. The van der Waals surface area contributed by atoms with Gasteiger partial charge in [-0.3, -0.25) is 28.8 Å². The number of carbonyl (C=O) groups is 7. The molecule has 6 amide bonds. The van der Waals surface area contributed by atoms with Crippen molar-refractivity contribution in [2.24, 2.45) is 23.7 Å². The van der Waals surface area contributed by atoms with Crippen molar-refractivity contribution < 1.29 is 43.0 Å². The smallest absolute Gasteiger partial charge is 0.329 e. The number of likely N-dealkylation sites (N-methyl/N-ethyl adjacent to an activating group) is 3. The highest BCUT2D eigenvalue weighted by atomic mass is 16.5. The molecule has 388 valence electrons. The molecule has 17 heteroatoms. The monoisotopic (exact) mass is 983 g/mol. The molecule has 17 nitrogen and oxygen atoms in total. The van der Waals surface area contributed by atoms with Crippen molar-refractivity contribution in [2.75, 3.05) is 28.3 Å². The van der Waals surface area contributed by atoms with Gasteiger partial charge in [-0.25, -0.2) is 4.79 Å². The number of nitrogens with zero attached hydrogens (tertiary/aromatic N) is 5. The molecule has 1 fully saturated rings. The lowest BCUT2D eigenvalue weighted by atomic mass is 9.96. The SMILES string of the molecule is COc1cccc(Cn2cc(C[C@H]3C(=O)N[C@@H](CC(C)C)C(=O)N(C)[C@@H](C)C(=O)O[C@H](CCC#N)C(=O)N[C@@H](CC(C)C)C(=O)N(C)[C@@H](CC(C)C)C(=O)N[C@@H](CC(C)C)C(=O)N3C)c3ccccc32)c1. The van der Waals surface area contributed by atoms with Gasteiger partial charge in [0.1, 0.15) is 42.0 Å². The third-order valence-electron chi connectivity index (χ3n) is 13.0. The second-order valence-corrected chi connectivity index (χ2v) is 20.7. The Morgan fingerprint density at radius 3 is 1.70 bits per heavy atom. The largest absolute Gasteiger partial charge is 0.497 e. The van der Waals surface area contributed by atoms with Crippen molar-refractivity contribution in [3.8, 4) is 11.8 Å². The lowest BCUT2D eigenvalue weighted by Crippen LogP contribution is -2.60. The molecule has 71 heavy (non-hydrogen) atoms. The molecule has 1 saturated heterocycles. The third kappa shape index (κ3) is 15.5. The molecular weight excluding hydrogens is 905 g/mol. The summed E-state index contributed by atoms with van der Waals surface area (Å²) in [5.41, 5.74) is 2.61. The Kier molecular flexibility index (Phi) is 21.0. The van der Waals surface area contributed by atoms with Crippen molar-refractivity contribution in [1.29, 1.82) is 5.26 Å². The van der Waals surface area contributed by atoms with E-state index >= 15 is 9.59 Å². The minimum Gasteiger partial charge on any atom is -0.497 e. The first-order valence-corrected chi connectivity index (χ1v) is 25.0. The molecular formula is C54H78N8O9. The molecule has 1 aromatic heterocycles. The molecule has 0 spiro atoms. The highest BCUT2D eigenvalue weighted by Gasteiger charge is 2.40. The van der Waals surface area contributed by atoms with Gasteiger partial charge in [-0.05, 0) is 85.6 Å². The number of para-hydroxylation sites is 1. The molecule has 0 aliphatic carbocycles. The first-order chi connectivity index (χ1) is 33.5. The van der Waals surface area contributed by atoms with Crippen LogP contribution in [0, 0.1) is 35.0 Å². The Balaban J connectivity index is 1.92. The van der Waals surface area contributed by atoms with E-state index in [0.717, 1.165) is 26.9 Å². The lowest BCUT2D eigenvalue weighted by molar-refractivity contribution is -0.163. The van der Waals surface area contributed by atoms with Crippen LogP contribution < -0.4 is 20.7 Å². The highest BCUT2D eigenvalue weighted by Crippen LogP contribution is 2.27. The number of nitriles is 1. The number of hydrogen-bond donors (Lipinski definition) is 3. The van der Waals surface area contributed by atoms with Gasteiger partial charge < -0.3 is 44.7 Å². The third-order valence-corrected chi connectivity index (χ3v) is 13.0. The number of aromatic nitrogens is 1. The van der Waals surface area contributed by atoms with E-state index < -0.39 is 83.8 Å². The summed E-state index contributed by atoms with van der Waals surface area (Å²) < 4.78 is 13.3. The normalized spacial score (nSPS) is 23.0. The molecule has 4 rings (SSSR count). The highest BCUT2D eigenvalue weighted by molar-refractivity contribution is 5.98. The zero-order chi connectivity index (χ0) is 52.9. The average molecular weight is 983 g/mol. The van der Waals surface area contributed by atoms with Crippen molar-refractivity contribution in [1.82, 2.24) is 35.2 Å². The number of amides is 6. The van der Waals surface area contributed by atoms with Crippen LogP contribution in [0.15, 0.2) is 54.7 Å². The van der Waals surface area contributed by atoms with Crippen LogP contribution in [0.3, 0.4) is 0 Å². The molecule has 3 aromatic rings. The van der Waals surface area contributed by atoms with E-state index in [1.54, 1.807) is 7.11 Å². The van der Waals surface area contributed by atoms with Crippen LogP contribution in [0.2, 0.25) is 0 Å². The quantitative estimate of drug-likeness (QED) is 0.160. The molecule has 3 N–H and O–H groups in total. The Hall–Kier alpha value is -6.44. The molecule has 7 atom stereocenters. The van der Waals surface area contributed by atoms with E-state index in [4.69, 9.17) is 9.47 Å². The summed E-state index contributed by atoms with van der Waals surface area (Å²) in [6.45, 7) is 17.1. The first-order valence-electron chi connectivity index (χ1n) is 25.0. The first kappa shape index (κ1) is 57.1. The van der Waals surface area contributed by atoms with E-state index in [-0.39, 0.29) is 68.6 Å². The minimum absolute atomic E-state index is 0.0127. The van der Waals surface area contributed by atoms with Crippen molar-refractivity contribution in [2.45, 2.75) is 156 Å². The van der Waals surface area contributed by atoms with Gasteiger partial charge in [0.2, 0.25) is 29.5 Å². The van der Waals surface area contributed by atoms with Crippen LogP contribution in [0.1, 0.15) is 112 Å². The fraction of sp³-hybridized carbons (Fsp3) is 0.593. The van der Waals surface area contributed by atoms with Crippen molar-refractivity contribution in [3.63, 3.8) is 0 Å². The summed E-state index contributed by atoms with van der Waals surface area (Å²) in [5.74, 6) is -4.46. The number of rotatable bonds is 15. The van der Waals surface area contributed by atoms with E-state index in [9.17, 15) is 29.2 Å². The van der Waals surface area contributed by atoms with Crippen LogP contribution in [0.5, 0.6) is 5.75 Å². The summed E-state index contributed by atoms with van der Waals surface area (Å²) in [6, 6.07) is 10.4. The average Bonchev–Trinajstić information content (AvgIpc) is 3.66. The van der Waals surface area contributed by atoms with Crippen LogP contribution in [0.4, 0.5) is 0 Å². The number of fused-ring (bicyclic) bond motifs is 1. The maximum atomic E-state index is 15.1. The van der Waals surface area contributed by atoms with Gasteiger partial charge in [-0.1, -0.05) is 85.7 Å². The van der Waals surface area contributed by atoms with Gasteiger partial charge in [0.05, 0.1) is 13.2 Å². The van der Waals surface area contributed by atoms with Crippen LogP contribution in [0.25, 0.3) is 10.9 Å². The van der Waals surface area contributed by atoms with Gasteiger partial charge >= 0.3 is 5.97 Å². The number of ether oxygens (including phenoxy) is 2. The van der Waals surface area contributed by atoms with Crippen LogP contribution in [-0.4, -0.2) is 131 Å². The van der Waals surface area contributed by atoms with Gasteiger partial charge in [-0.2, -0.15) is 5.26 Å². The Morgan fingerprint density at radius 2 is 1.17 bits per heavy atom. The van der Waals surface area contributed by atoms with E-state index in [0.29, 0.717) is 12.3 Å². The van der Waals surface area contributed by atoms with Gasteiger partial charge in [0.25, 0.3) is 5.91 Å². The van der Waals surface area contributed by atoms with E-state index in [1.807, 2.05) is 116 Å². The number of nitrogens with one attached hydrogen (secondary N) is 3. The predicted molar refractivity (Wildman–Crippen MR) is 271 cm³/mol. The number of esters is 1. The maximum Gasteiger partial charge on any atom is 0.329 e. The standard InChI is InChI=1S/C54H78N8O9/c1-32(2)24-41-51(66)59(10)36(9)54(69)71-47(22-17-23-55)50(65)58-43(26-34(5)6)53(68)60(11)45(27-35(7)8)48(63)57-42(25-33(3)4)52(67)61(12)46(49(64)56-41)29-38-31-62(44-21-15-14-20-40(38)44)30-37-18-16-19-39(28-37)70-13/h14-16,18-21,28,31-36,41-43,45-47H,17,22,24-27,29-30H2,1-13H3,(H,56,64)(H,57,63)(H,58,65)/t36-,41-,42-,43-,45-,46-,47+/m0/s1. The molecule has 1 aliphatic rings. The fourth-order valence-corrected chi connectivity index (χ4v) is 9.04. The Labute approximate surface area is 420 Å². The van der Waals surface area contributed by atoms with Gasteiger partial charge in [0, 0.05) is 64.1 Å².